The highest BCUT2D eigenvalue weighted by Gasteiger charge is 2.25. The van der Waals surface area contributed by atoms with E-state index in [1.54, 1.807) is 24.0 Å². The Morgan fingerprint density at radius 3 is 2.71 bits per heavy atom. The van der Waals surface area contributed by atoms with Crippen LogP contribution >= 0.6 is 12.4 Å². The number of nitrogens with one attached hydrogen (secondary N) is 1. The highest BCUT2D eigenvalue weighted by atomic mass is 35.5. The molecule has 0 aliphatic carbocycles. The zero-order valence-electron chi connectivity index (χ0n) is 12.0. The third-order valence-corrected chi connectivity index (χ3v) is 4.93. The Morgan fingerprint density at radius 1 is 1.48 bits per heavy atom. The second kappa shape index (κ2) is 6.74. The highest BCUT2D eigenvalue weighted by Crippen LogP contribution is 2.30. The van der Waals surface area contributed by atoms with Crippen molar-refractivity contribution in [2.24, 2.45) is 5.73 Å². The maximum atomic E-state index is 12.2. The number of anilines is 1. The molecule has 0 saturated carbocycles. The van der Waals surface area contributed by atoms with Crippen LogP contribution in [0.15, 0.2) is 23.1 Å². The summed E-state index contributed by atoms with van der Waals surface area (Å²) in [4.78, 5) is 13.3. The molecule has 1 atom stereocenters. The molecule has 1 heterocycles. The molecule has 8 heteroatoms. The minimum atomic E-state index is -3.56. The largest absolute Gasteiger partial charge is 0.329 e. The van der Waals surface area contributed by atoms with Crippen molar-refractivity contribution in [3.63, 3.8) is 0 Å². The van der Waals surface area contributed by atoms with Crippen LogP contribution < -0.4 is 15.4 Å². The molecule has 0 aromatic heterocycles. The number of benzene rings is 1. The van der Waals surface area contributed by atoms with Crippen molar-refractivity contribution >= 4 is 34.0 Å². The van der Waals surface area contributed by atoms with Crippen LogP contribution in [-0.4, -0.2) is 33.5 Å². The van der Waals surface area contributed by atoms with Gasteiger partial charge in [0.1, 0.15) is 0 Å². The third-order valence-electron chi connectivity index (χ3n) is 3.35. The molecule has 1 aromatic rings. The maximum absolute atomic E-state index is 12.2. The maximum Gasteiger partial charge on any atom is 0.240 e. The van der Waals surface area contributed by atoms with Gasteiger partial charge in [-0.1, -0.05) is 0 Å². The lowest BCUT2D eigenvalue weighted by Crippen LogP contribution is -2.37. The monoisotopic (exact) mass is 333 g/mol. The third kappa shape index (κ3) is 3.74. The van der Waals surface area contributed by atoms with Crippen LogP contribution in [0.3, 0.4) is 0 Å². The molecule has 1 aromatic carbocycles. The molecule has 21 heavy (non-hydrogen) atoms. The van der Waals surface area contributed by atoms with Gasteiger partial charge in [-0.25, -0.2) is 13.1 Å². The lowest BCUT2D eigenvalue weighted by atomic mass is 10.2. The number of rotatable bonds is 4. The van der Waals surface area contributed by atoms with E-state index < -0.39 is 10.0 Å². The topological polar surface area (TPSA) is 92.5 Å². The van der Waals surface area contributed by atoms with Gasteiger partial charge in [0.05, 0.1) is 4.90 Å². The number of carbonyl (C=O) groups excluding carboxylic acids is 1. The van der Waals surface area contributed by atoms with Gasteiger partial charge in [0.15, 0.2) is 0 Å². The number of hydrogen-bond donors (Lipinski definition) is 2. The Balaban J connectivity index is 0.00000220. The predicted octanol–water partition coefficient (Wildman–Crippen LogP) is 0.643. The van der Waals surface area contributed by atoms with E-state index in [4.69, 9.17) is 5.73 Å². The second-order valence-corrected chi connectivity index (χ2v) is 6.68. The molecule has 2 rings (SSSR count). The summed E-state index contributed by atoms with van der Waals surface area (Å²) < 4.78 is 26.9. The fraction of sp³-hybridized carbons (Fsp3) is 0.462. The van der Waals surface area contributed by atoms with Crippen LogP contribution in [0.2, 0.25) is 0 Å². The van der Waals surface area contributed by atoms with Gasteiger partial charge >= 0.3 is 0 Å². The van der Waals surface area contributed by atoms with Crippen molar-refractivity contribution in [2.75, 3.05) is 18.0 Å². The lowest BCUT2D eigenvalue weighted by molar-refractivity contribution is -0.116. The number of sulfonamides is 1. The average molecular weight is 334 g/mol. The first kappa shape index (κ1) is 17.9. The zero-order chi connectivity index (χ0) is 14.9. The standard InChI is InChI=1S/C13H19N3O3S.ClH/c1-9(8-14)15-20(18,19)12-3-4-13-11(7-12)5-6-16(13)10(2)17;/h3-4,7,9,15H,5-6,8,14H2,1-2H3;1H/t9-;/m1./s1. The van der Waals surface area contributed by atoms with Gasteiger partial charge in [-0.15, -0.1) is 12.4 Å². The lowest BCUT2D eigenvalue weighted by Gasteiger charge is -2.16. The molecule has 0 spiro atoms. The first-order valence-corrected chi connectivity index (χ1v) is 7.97. The van der Waals surface area contributed by atoms with Gasteiger partial charge < -0.3 is 10.6 Å². The average Bonchev–Trinajstić information content (AvgIpc) is 2.80. The van der Waals surface area contributed by atoms with Crippen molar-refractivity contribution < 1.29 is 13.2 Å². The Hall–Kier alpha value is -1.15. The van der Waals surface area contributed by atoms with Gasteiger partial charge in [0.25, 0.3) is 0 Å². The van der Waals surface area contributed by atoms with Gasteiger partial charge in [0.2, 0.25) is 15.9 Å². The number of carbonyl (C=O) groups is 1. The van der Waals surface area contributed by atoms with E-state index in [1.165, 1.54) is 13.0 Å². The Morgan fingerprint density at radius 2 is 2.14 bits per heavy atom. The van der Waals surface area contributed by atoms with Crippen LogP contribution in [0.25, 0.3) is 0 Å². The Bertz CT molecular complexity index is 634. The van der Waals surface area contributed by atoms with Crippen molar-refractivity contribution in [1.29, 1.82) is 0 Å². The molecule has 0 fully saturated rings. The minimum absolute atomic E-state index is 0. The van der Waals surface area contributed by atoms with Gasteiger partial charge in [-0.2, -0.15) is 0 Å². The molecule has 118 valence electrons. The fourth-order valence-electron chi connectivity index (χ4n) is 2.25. The van der Waals surface area contributed by atoms with E-state index in [9.17, 15) is 13.2 Å². The fourth-order valence-corrected chi connectivity index (χ4v) is 3.56. The van der Waals surface area contributed by atoms with E-state index in [0.717, 1.165) is 11.3 Å². The van der Waals surface area contributed by atoms with E-state index in [0.29, 0.717) is 13.0 Å². The number of hydrogen-bond acceptors (Lipinski definition) is 4. The minimum Gasteiger partial charge on any atom is -0.329 e. The van der Waals surface area contributed by atoms with Crippen LogP contribution in [-0.2, 0) is 21.2 Å². The number of nitrogens with two attached hydrogens (primary N) is 1. The second-order valence-electron chi connectivity index (χ2n) is 4.97. The van der Waals surface area contributed by atoms with Crippen molar-refractivity contribution in [1.82, 2.24) is 4.72 Å². The van der Waals surface area contributed by atoms with E-state index >= 15 is 0 Å². The summed E-state index contributed by atoms with van der Waals surface area (Å²) in [6.45, 7) is 4.05. The summed E-state index contributed by atoms with van der Waals surface area (Å²) in [7, 11) is -3.56. The van der Waals surface area contributed by atoms with Crippen molar-refractivity contribution in [3.05, 3.63) is 23.8 Å². The molecule has 0 saturated heterocycles. The summed E-state index contributed by atoms with van der Waals surface area (Å²) in [5.41, 5.74) is 7.10. The van der Waals surface area contributed by atoms with Crippen LogP contribution in [0.1, 0.15) is 19.4 Å². The number of amides is 1. The van der Waals surface area contributed by atoms with Crippen LogP contribution in [0.5, 0.6) is 0 Å². The molecule has 0 radical (unpaired) electrons. The molecular weight excluding hydrogens is 314 g/mol. The van der Waals surface area contributed by atoms with Gasteiger partial charge in [-0.3, -0.25) is 4.79 Å². The first-order chi connectivity index (χ1) is 9.35. The van der Waals surface area contributed by atoms with Crippen molar-refractivity contribution in [3.8, 4) is 0 Å². The molecular formula is C13H20ClN3O3S. The van der Waals surface area contributed by atoms with Gasteiger partial charge in [-0.05, 0) is 37.1 Å². The molecule has 1 aliphatic rings. The molecule has 3 N–H and O–H groups in total. The molecule has 1 amide bonds. The number of nitrogens with zero attached hydrogens (tertiary/aromatic N) is 1. The SMILES string of the molecule is CC(=O)N1CCc2cc(S(=O)(=O)N[C@H](C)CN)ccc21.Cl. The van der Waals surface area contributed by atoms with E-state index in [2.05, 4.69) is 4.72 Å². The summed E-state index contributed by atoms with van der Waals surface area (Å²) in [5, 5.41) is 0. The van der Waals surface area contributed by atoms with Crippen LogP contribution in [0, 0.1) is 0 Å². The summed E-state index contributed by atoms with van der Waals surface area (Å²) in [6.07, 6.45) is 0.671. The van der Waals surface area contributed by atoms with Crippen LogP contribution in [0.4, 0.5) is 5.69 Å². The van der Waals surface area contributed by atoms with Crippen molar-refractivity contribution in [2.45, 2.75) is 31.2 Å². The summed E-state index contributed by atoms with van der Waals surface area (Å²) in [5.74, 6) is -0.0331. The normalized spacial score (nSPS) is 15.3. The van der Waals surface area contributed by atoms with E-state index in [-0.39, 0.29) is 35.8 Å². The molecule has 0 bridgehead atoms. The molecule has 6 nitrogen and oxygen atoms in total. The highest BCUT2D eigenvalue weighted by molar-refractivity contribution is 7.89. The summed E-state index contributed by atoms with van der Waals surface area (Å²) >= 11 is 0. The smallest absolute Gasteiger partial charge is 0.240 e. The quantitative estimate of drug-likeness (QED) is 0.845. The summed E-state index contributed by atoms with van der Waals surface area (Å²) in [6, 6.07) is 4.52. The molecule has 1 aliphatic heterocycles. The number of halogens is 1. The predicted molar refractivity (Wildman–Crippen MR) is 84.3 cm³/mol. The zero-order valence-corrected chi connectivity index (χ0v) is 13.6. The Labute approximate surface area is 131 Å². The van der Waals surface area contributed by atoms with E-state index in [1.807, 2.05) is 0 Å². The van der Waals surface area contributed by atoms with Gasteiger partial charge in [0, 0.05) is 31.7 Å². The first-order valence-electron chi connectivity index (χ1n) is 6.48. The number of fused-ring (bicyclic) bond motifs is 1. The molecule has 0 unspecified atom stereocenters. The Kier molecular flexibility index (Phi) is 5.75.